The molecule has 4 heteroatoms. The fraction of sp³-hybridized carbons (Fsp3) is 0.182. The molecule has 134 valence electrons. The molecule has 3 rings (SSSR count). The van der Waals surface area contributed by atoms with Crippen molar-refractivity contribution < 1.29 is 15.3 Å². The second kappa shape index (κ2) is 7.10. The van der Waals surface area contributed by atoms with E-state index >= 15 is 0 Å². The van der Waals surface area contributed by atoms with E-state index in [1.165, 1.54) is 0 Å². The first-order chi connectivity index (χ1) is 12.4. The second-order valence-electron chi connectivity index (χ2n) is 6.55. The van der Waals surface area contributed by atoms with Crippen molar-refractivity contribution in [3.05, 3.63) is 76.3 Å². The van der Waals surface area contributed by atoms with Gasteiger partial charge < -0.3 is 21.1 Å². The normalized spacial score (nSPS) is 10.9. The van der Waals surface area contributed by atoms with E-state index in [1.54, 1.807) is 24.3 Å². The molecule has 26 heavy (non-hydrogen) atoms. The Labute approximate surface area is 153 Å². The van der Waals surface area contributed by atoms with Gasteiger partial charge in [-0.2, -0.15) is 0 Å². The van der Waals surface area contributed by atoms with Crippen LogP contribution in [0.5, 0.6) is 17.2 Å². The predicted octanol–water partition coefficient (Wildman–Crippen LogP) is 4.14. The maximum Gasteiger partial charge on any atom is 0.127 e. The Morgan fingerprint density at radius 1 is 0.769 bits per heavy atom. The molecule has 4 nitrogen and oxygen atoms in total. The number of hydrogen-bond donors (Lipinski definition) is 4. The Kier molecular flexibility index (Phi) is 4.87. The summed E-state index contributed by atoms with van der Waals surface area (Å²) in [5, 5.41) is 30.0. The van der Waals surface area contributed by atoms with Gasteiger partial charge in [-0.1, -0.05) is 30.3 Å². The largest absolute Gasteiger partial charge is 0.508 e. The summed E-state index contributed by atoms with van der Waals surface area (Å²) in [5.74, 6) is 0.280. The minimum Gasteiger partial charge on any atom is -0.508 e. The van der Waals surface area contributed by atoms with Crippen molar-refractivity contribution in [2.75, 3.05) is 0 Å². The third-order valence-electron chi connectivity index (χ3n) is 4.82. The number of aryl methyl sites for hydroxylation is 2. The summed E-state index contributed by atoms with van der Waals surface area (Å²) in [4.78, 5) is 0. The molecule has 3 aromatic carbocycles. The first-order valence-corrected chi connectivity index (χ1v) is 8.53. The molecule has 0 heterocycles. The number of nitrogens with two attached hydrogens (primary N) is 1. The lowest BCUT2D eigenvalue weighted by molar-refractivity contribution is 0.435. The van der Waals surface area contributed by atoms with Gasteiger partial charge in [-0.15, -0.1) is 0 Å². The molecule has 0 saturated carbocycles. The van der Waals surface area contributed by atoms with Crippen LogP contribution in [0.1, 0.15) is 27.8 Å². The Morgan fingerprint density at radius 3 is 2.08 bits per heavy atom. The number of hydrogen-bond acceptors (Lipinski definition) is 4. The zero-order valence-corrected chi connectivity index (χ0v) is 15.0. The summed E-state index contributed by atoms with van der Waals surface area (Å²) in [6.45, 7) is 4.16. The van der Waals surface area contributed by atoms with Crippen LogP contribution < -0.4 is 5.73 Å². The van der Waals surface area contributed by atoms with Crippen LogP contribution in [0.4, 0.5) is 0 Å². The van der Waals surface area contributed by atoms with Gasteiger partial charge in [0.05, 0.1) is 0 Å². The van der Waals surface area contributed by atoms with Gasteiger partial charge in [0, 0.05) is 18.5 Å². The third kappa shape index (κ3) is 3.24. The van der Waals surface area contributed by atoms with Crippen LogP contribution in [0.15, 0.2) is 48.5 Å². The monoisotopic (exact) mass is 349 g/mol. The molecule has 0 fully saturated rings. The van der Waals surface area contributed by atoms with Crippen molar-refractivity contribution in [3.63, 3.8) is 0 Å². The van der Waals surface area contributed by atoms with Crippen LogP contribution in [-0.4, -0.2) is 15.3 Å². The van der Waals surface area contributed by atoms with Crippen LogP contribution in [0.25, 0.3) is 11.1 Å². The summed E-state index contributed by atoms with van der Waals surface area (Å²) >= 11 is 0. The van der Waals surface area contributed by atoms with Gasteiger partial charge in [0.25, 0.3) is 0 Å². The highest BCUT2D eigenvalue weighted by atomic mass is 16.3. The molecule has 5 N–H and O–H groups in total. The maximum absolute atomic E-state index is 10.5. The van der Waals surface area contributed by atoms with E-state index in [2.05, 4.69) is 12.1 Å². The van der Waals surface area contributed by atoms with Gasteiger partial charge in [0.15, 0.2) is 0 Å². The molecule has 0 unspecified atom stereocenters. The van der Waals surface area contributed by atoms with E-state index in [9.17, 15) is 15.3 Å². The van der Waals surface area contributed by atoms with Gasteiger partial charge in [-0.05, 0) is 65.4 Å². The Bertz CT molecular complexity index is 947. The summed E-state index contributed by atoms with van der Waals surface area (Å²) < 4.78 is 0. The molecule has 0 amide bonds. The number of phenolic OH excluding ortho intramolecular Hbond substituents is 3. The number of benzene rings is 3. The van der Waals surface area contributed by atoms with Gasteiger partial charge in [-0.3, -0.25) is 0 Å². The molecule has 0 radical (unpaired) electrons. The Balaban J connectivity index is 2.14. The van der Waals surface area contributed by atoms with Crippen molar-refractivity contribution >= 4 is 0 Å². The highest BCUT2D eigenvalue weighted by Crippen LogP contribution is 2.36. The van der Waals surface area contributed by atoms with Crippen molar-refractivity contribution in [3.8, 4) is 28.4 Å². The highest BCUT2D eigenvalue weighted by Gasteiger charge is 2.16. The van der Waals surface area contributed by atoms with Crippen LogP contribution >= 0.6 is 0 Å². The average Bonchev–Trinajstić information content (AvgIpc) is 2.62. The number of phenols is 3. The van der Waals surface area contributed by atoms with Crippen LogP contribution in [0.2, 0.25) is 0 Å². The lowest BCUT2D eigenvalue weighted by atomic mass is 9.87. The van der Waals surface area contributed by atoms with E-state index in [0.717, 1.165) is 33.4 Å². The standard InChI is InChI=1S/C22H23NO3/c1-13-3-4-14(2)21(15-5-8-17(24)9-6-15)18(13)11-16-7-10-20(25)19(12-23)22(16)26/h3-10,24-26H,11-12,23H2,1-2H3. The molecule has 0 aliphatic rings. The quantitative estimate of drug-likeness (QED) is 0.570. The van der Waals surface area contributed by atoms with Crippen LogP contribution in [-0.2, 0) is 13.0 Å². The number of rotatable bonds is 4. The zero-order valence-electron chi connectivity index (χ0n) is 15.0. The van der Waals surface area contributed by atoms with Crippen molar-refractivity contribution in [1.29, 1.82) is 0 Å². The molecule has 0 aliphatic heterocycles. The van der Waals surface area contributed by atoms with E-state index in [0.29, 0.717) is 12.0 Å². The van der Waals surface area contributed by atoms with Gasteiger partial charge in [0.1, 0.15) is 17.2 Å². The van der Waals surface area contributed by atoms with Crippen molar-refractivity contribution in [1.82, 2.24) is 0 Å². The molecule has 0 aliphatic carbocycles. The van der Waals surface area contributed by atoms with E-state index < -0.39 is 0 Å². The maximum atomic E-state index is 10.5. The van der Waals surface area contributed by atoms with Crippen LogP contribution in [0.3, 0.4) is 0 Å². The summed E-state index contributed by atoms with van der Waals surface area (Å²) in [6.07, 6.45) is 0.517. The summed E-state index contributed by atoms with van der Waals surface area (Å²) in [6, 6.07) is 14.6. The fourth-order valence-electron chi connectivity index (χ4n) is 3.34. The van der Waals surface area contributed by atoms with E-state index in [4.69, 9.17) is 5.73 Å². The minimum absolute atomic E-state index is 0.00784. The Morgan fingerprint density at radius 2 is 1.42 bits per heavy atom. The molecule has 0 saturated heterocycles. The summed E-state index contributed by atoms with van der Waals surface area (Å²) in [7, 11) is 0. The molecular weight excluding hydrogens is 326 g/mol. The first-order valence-electron chi connectivity index (χ1n) is 8.53. The zero-order chi connectivity index (χ0) is 18.8. The smallest absolute Gasteiger partial charge is 0.127 e. The lowest BCUT2D eigenvalue weighted by Crippen LogP contribution is -2.02. The van der Waals surface area contributed by atoms with Gasteiger partial charge in [0.2, 0.25) is 0 Å². The van der Waals surface area contributed by atoms with Crippen molar-refractivity contribution in [2.24, 2.45) is 5.73 Å². The van der Waals surface area contributed by atoms with Crippen molar-refractivity contribution in [2.45, 2.75) is 26.8 Å². The molecule has 0 atom stereocenters. The number of aromatic hydroxyl groups is 3. The lowest BCUT2D eigenvalue weighted by Gasteiger charge is -2.18. The fourth-order valence-corrected chi connectivity index (χ4v) is 3.34. The Hall–Kier alpha value is -2.98. The second-order valence-corrected chi connectivity index (χ2v) is 6.55. The highest BCUT2D eigenvalue weighted by molar-refractivity contribution is 5.73. The van der Waals surface area contributed by atoms with E-state index in [-0.39, 0.29) is 23.8 Å². The molecule has 0 spiro atoms. The SMILES string of the molecule is Cc1ccc(C)c(-c2ccc(O)cc2)c1Cc1ccc(O)c(CN)c1O. The van der Waals surface area contributed by atoms with E-state index in [1.807, 2.05) is 26.0 Å². The minimum atomic E-state index is 0.00784. The first kappa shape index (κ1) is 17.8. The topological polar surface area (TPSA) is 86.7 Å². The molecule has 0 bridgehead atoms. The third-order valence-corrected chi connectivity index (χ3v) is 4.82. The molecular formula is C22H23NO3. The van der Waals surface area contributed by atoms with Gasteiger partial charge in [-0.25, -0.2) is 0 Å². The van der Waals surface area contributed by atoms with Crippen LogP contribution in [0, 0.1) is 13.8 Å². The summed E-state index contributed by atoms with van der Waals surface area (Å²) in [5.41, 5.74) is 12.2. The van der Waals surface area contributed by atoms with Gasteiger partial charge >= 0.3 is 0 Å². The molecule has 3 aromatic rings. The average molecular weight is 349 g/mol. The predicted molar refractivity (Wildman–Crippen MR) is 103 cm³/mol. The molecule has 0 aromatic heterocycles.